The quantitative estimate of drug-likeness (QED) is 0.644. The van der Waals surface area contributed by atoms with Gasteiger partial charge in [0.15, 0.2) is 5.69 Å². The van der Waals surface area contributed by atoms with Gasteiger partial charge in [-0.15, -0.1) is 0 Å². The number of rotatable bonds is 4. The van der Waals surface area contributed by atoms with Crippen LogP contribution in [-0.4, -0.2) is 39.7 Å². The Kier molecular flexibility index (Phi) is 3.84. The van der Waals surface area contributed by atoms with Crippen LogP contribution < -0.4 is 10.6 Å². The maximum absolute atomic E-state index is 12.1. The Balaban J connectivity index is 1.81. The summed E-state index contributed by atoms with van der Waals surface area (Å²) in [5.41, 5.74) is 0.511. The predicted octanol–water partition coefficient (Wildman–Crippen LogP) is 0.872. The molecule has 1 saturated heterocycles. The minimum atomic E-state index is -0.471. The van der Waals surface area contributed by atoms with Gasteiger partial charge < -0.3 is 10.6 Å². The molecule has 114 valence electrons. The highest BCUT2D eigenvalue weighted by Crippen LogP contribution is 2.21. The van der Waals surface area contributed by atoms with Crippen molar-refractivity contribution in [3.05, 3.63) is 52.3 Å². The molecule has 1 unspecified atom stereocenters. The Bertz CT molecular complexity index is 706. The van der Waals surface area contributed by atoms with E-state index in [1.165, 1.54) is 10.7 Å². The van der Waals surface area contributed by atoms with Gasteiger partial charge in [0, 0.05) is 24.8 Å². The lowest BCUT2D eigenvalue weighted by Crippen LogP contribution is -2.36. The van der Waals surface area contributed by atoms with Gasteiger partial charge in [0.05, 0.1) is 4.92 Å². The second-order valence-electron chi connectivity index (χ2n) is 5.05. The number of carbonyl (C=O) groups excluding carboxylic acids is 1. The number of nitrogens with zero attached hydrogens (tertiary/aromatic N) is 3. The van der Waals surface area contributed by atoms with E-state index in [2.05, 4.69) is 15.7 Å². The highest BCUT2D eigenvalue weighted by atomic mass is 16.6. The summed E-state index contributed by atoms with van der Waals surface area (Å²) in [5, 5.41) is 21.2. The Hall–Kier alpha value is -2.74. The highest BCUT2D eigenvalue weighted by Gasteiger charge is 2.20. The van der Waals surface area contributed by atoms with Crippen LogP contribution in [0.5, 0.6) is 0 Å². The fraction of sp³-hybridized carbons (Fsp3) is 0.286. The van der Waals surface area contributed by atoms with Crippen LogP contribution in [0.2, 0.25) is 0 Å². The smallest absolute Gasteiger partial charge is 0.294 e. The molecule has 1 amide bonds. The summed E-state index contributed by atoms with van der Waals surface area (Å²) in [5.74, 6) is -0.272. The second kappa shape index (κ2) is 5.94. The molecule has 3 rings (SSSR count). The van der Waals surface area contributed by atoms with Gasteiger partial charge in [0.25, 0.3) is 11.6 Å². The van der Waals surface area contributed by atoms with Crippen LogP contribution in [0.4, 0.5) is 5.69 Å². The molecular weight excluding hydrogens is 286 g/mol. The van der Waals surface area contributed by atoms with Crippen molar-refractivity contribution >= 4 is 11.6 Å². The van der Waals surface area contributed by atoms with Crippen molar-refractivity contribution in [2.75, 3.05) is 13.1 Å². The van der Waals surface area contributed by atoms with Crippen molar-refractivity contribution in [3.8, 4) is 5.69 Å². The zero-order valence-corrected chi connectivity index (χ0v) is 11.7. The van der Waals surface area contributed by atoms with Crippen LogP contribution in [0.15, 0.2) is 36.5 Å². The van der Waals surface area contributed by atoms with Gasteiger partial charge in [-0.3, -0.25) is 14.9 Å². The Labute approximate surface area is 126 Å². The number of aromatic nitrogens is 2. The minimum Gasteiger partial charge on any atom is -0.347 e. The lowest BCUT2D eigenvalue weighted by Gasteiger charge is -2.09. The molecule has 8 heteroatoms. The lowest BCUT2D eigenvalue weighted by atomic mass is 10.2. The lowest BCUT2D eigenvalue weighted by molar-refractivity contribution is -0.384. The summed E-state index contributed by atoms with van der Waals surface area (Å²) in [7, 11) is 0. The molecule has 22 heavy (non-hydrogen) atoms. The fourth-order valence-electron chi connectivity index (χ4n) is 2.43. The molecule has 1 atom stereocenters. The first-order valence-electron chi connectivity index (χ1n) is 6.96. The molecule has 1 aromatic carbocycles. The van der Waals surface area contributed by atoms with E-state index in [4.69, 9.17) is 0 Å². The van der Waals surface area contributed by atoms with Crippen molar-refractivity contribution in [2.45, 2.75) is 12.5 Å². The van der Waals surface area contributed by atoms with Crippen molar-refractivity contribution < 1.29 is 9.72 Å². The van der Waals surface area contributed by atoms with Gasteiger partial charge in [0.1, 0.15) is 5.69 Å². The fourth-order valence-corrected chi connectivity index (χ4v) is 2.43. The molecule has 0 saturated carbocycles. The Morgan fingerprint density at radius 2 is 2.23 bits per heavy atom. The number of amides is 1. The van der Waals surface area contributed by atoms with Crippen LogP contribution in [0.3, 0.4) is 0 Å². The normalized spacial score (nSPS) is 17.4. The zero-order valence-electron chi connectivity index (χ0n) is 11.7. The molecule has 0 spiro atoms. The molecule has 2 heterocycles. The first kappa shape index (κ1) is 14.2. The van der Waals surface area contributed by atoms with Crippen LogP contribution in [-0.2, 0) is 0 Å². The van der Waals surface area contributed by atoms with Gasteiger partial charge in [-0.25, -0.2) is 4.68 Å². The van der Waals surface area contributed by atoms with E-state index in [0.717, 1.165) is 19.5 Å². The highest BCUT2D eigenvalue weighted by molar-refractivity contribution is 5.92. The molecule has 1 aliphatic heterocycles. The molecule has 1 aromatic heterocycles. The molecule has 0 bridgehead atoms. The molecule has 2 N–H and O–H groups in total. The number of nitrogens with one attached hydrogen (secondary N) is 2. The standard InChI is InChI=1S/C14H15N5O3/c20-14(16-10-5-7-15-9-10)11-6-8-18(17-11)12-3-1-2-4-13(12)19(21)22/h1-4,6,8,10,15H,5,7,9H2,(H,16,20). The maximum Gasteiger partial charge on any atom is 0.294 e. The molecular formula is C14H15N5O3. The molecule has 0 radical (unpaired) electrons. The first-order chi connectivity index (χ1) is 10.6. The van der Waals surface area contributed by atoms with Crippen LogP contribution >= 0.6 is 0 Å². The minimum absolute atomic E-state index is 0.0578. The SMILES string of the molecule is O=C(NC1CCNC1)c1ccn(-c2ccccc2[N+](=O)[O-])n1. The van der Waals surface area contributed by atoms with Crippen molar-refractivity contribution in [2.24, 2.45) is 0 Å². The third kappa shape index (κ3) is 2.82. The van der Waals surface area contributed by atoms with Crippen LogP contribution in [0.1, 0.15) is 16.9 Å². The van der Waals surface area contributed by atoms with Gasteiger partial charge in [-0.2, -0.15) is 5.10 Å². The Morgan fingerprint density at radius 1 is 1.41 bits per heavy atom. The largest absolute Gasteiger partial charge is 0.347 e. The Morgan fingerprint density at radius 3 is 2.95 bits per heavy atom. The van der Waals surface area contributed by atoms with Gasteiger partial charge in [0.2, 0.25) is 0 Å². The summed E-state index contributed by atoms with van der Waals surface area (Å²) >= 11 is 0. The number of nitro benzene ring substituents is 1. The van der Waals surface area contributed by atoms with Gasteiger partial charge in [-0.05, 0) is 25.1 Å². The van der Waals surface area contributed by atoms with E-state index in [0.29, 0.717) is 5.69 Å². The average Bonchev–Trinajstić information content (AvgIpc) is 3.18. The summed E-state index contributed by atoms with van der Waals surface area (Å²) in [6.45, 7) is 1.63. The van der Waals surface area contributed by atoms with E-state index in [1.54, 1.807) is 30.5 Å². The van der Waals surface area contributed by atoms with E-state index < -0.39 is 4.92 Å². The molecule has 1 aliphatic rings. The molecule has 1 fully saturated rings. The molecule has 0 aliphatic carbocycles. The van der Waals surface area contributed by atoms with Gasteiger partial charge in [-0.1, -0.05) is 12.1 Å². The topological polar surface area (TPSA) is 102 Å². The number of hydrogen-bond donors (Lipinski definition) is 2. The number of hydrogen-bond acceptors (Lipinski definition) is 5. The second-order valence-corrected chi connectivity index (χ2v) is 5.05. The van der Waals surface area contributed by atoms with E-state index in [9.17, 15) is 14.9 Å². The third-order valence-electron chi connectivity index (χ3n) is 3.54. The molecule has 8 nitrogen and oxygen atoms in total. The maximum atomic E-state index is 12.1. The average molecular weight is 301 g/mol. The van der Waals surface area contributed by atoms with E-state index in [-0.39, 0.29) is 23.3 Å². The van der Waals surface area contributed by atoms with E-state index in [1.807, 2.05) is 0 Å². The molecule has 2 aromatic rings. The number of benzene rings is 1. The number of para-hydroxylation sites is 2. The first-order valence-corrected chi connectivity index (χ1v) is 6.96. The van der Waals surface area contributed by atoms with Gasteiger partial charge >= 0.3 is 0 Å². The summed E-state index contributed by atoms with van der Waals surface area (Å²) < 4.78 is 1.35. The summed E-state index contributed by atoms with van der Waals surface area (Å²) in [6, 6.07) is 7.92. The van der Waals surface area contributed by atoms with E-state index >= 15 is 0 Å². The van der Waals surface area contributed by atoms with Crippen LogP contribution in [0.25, 0.3) is 5.69 Å². The number of nitro groups is 1. The van der Waals surface area contributed by atoms with Crippen molar-refractivity contribution in [3.63, 3.8) is 0 Å². The predicted molar refractivity (Wildman–Crippen MR) is 79.0 cm³/mol. The summed E-state index contributed by atoms with van der Waals surface area (Å²) in [4.78, 5) is 22.7. The van der Waals surface area contributed by atoms with Crippen molar-refractivity contribution in [1.29, 1.82) is 0 Å². The summed E-state index contributed by atoms with van der Waals surface area (Å²) in [6.07, 6.45) is 2.43. The monoisotopic (exact) mass is 301 g/mol. The van der Waals surface area contributed by atoms with Crippen LogP contribution in [0, 0.1) is 10.1 Å². The third-order valence-corrected chi connectivity index (χ3v) is 3.54. The van der Waals surface area contributed by atoms with Crippen molar-refractivity contribution in [1.82, 2.24) is 20.4 Å². The number of carbonyl (C=O) groups is 1. The zero-order chi connectivity index (χ0) is 15.5.